The van der Waals surface area contributed by atoms with E-state index in [1.807, 2.05) is 6.92 Å². The van der Waals surface area contributed by atoms with Crippen molar-refractivity contribution in [3.05, 3.63) is 11.9 Å². The van der Waals surface area contributed by atoms with Crippen molar-refractivity contribution in [1.82, 2.24) is 21.0 Å². The molecule has 0 aromatic carbocycles. The summed E-state index contributed by atoms with van der Waals surface area (Å²) in [6.07, 6.45) is 3.26. The van der Waals surface area contributed by atoms with E-state index in [-0.39, 0.29) is 42.0 Å². The summed E-state index contributed by atoms with van der Waals surface area (Å²) in [6.45, 7) is 6.40. The number of carbonyl (C=O) groups is 1. The van der Waals surface area contributed by atoms with Crippen LogP contribution in [0.15, 0.2) is 11.9 Å². The minimum absolute atomic E-state index is 0.00667. The Balaban J connectivity index is 1.58. The molecule has 2 aliphatic heterocycles. The zero-order valence-corrected chi connectivity index (χ0v) is 20.0. The molecule has 1 aliphatic carbocycles. The smallest absolute Gasteiger partial charge is 0.223 e. The van der Waals surface area contributed by atoms with Crippen LogP contribution in [0, 0.1) is 17.2 Å². The summed E-state index contributed by atoms with van der Waals surface area (Å²) in [5.41, 5.74) is 15.2. The van der Waals surface area contributed by atoms with Gasteiger partial charge in [-0.05, 0) is 13.3 Å². The minimum Gasteiger partial charge on any atom is -0.379 e. The number of rotatable bonds is 12. The van der Waals surface area contributed by atoms with Crippen molar-refractivity contribution in [2.75, 3.05) is 53.6 Å². The number of hydrogen-bond donors (Lipinski definition) is 7. The molecule has 2 saturated heterocycles. The van der Waals surface area contributed by atoms with Gasteiger partial charge in [-0.25, -0.2) is 0 Å². The Hall–Kier alpha value is -1.64. The summed E-state index contributed by atoms with van der Waals surface area (Å²) < 4.78 is 12.1. The van der Waals surface area contributed by atoms with Gasteiger partial charge in [0.25, 0.3) is 0 Å². The van der Waals surface area contributed by atoms with Crippen LogP contribution in [0.1, 0.15) is 13.3 Å². The van der Waals surface area contributed by atoms with Crippen LogP contribution in [0.5, 0.6) is 0 Å². The number of morpholine rings is 1. The first-order chi connectivity index (χ1) is 15.7. The van der Waals surface area contributed by atoms with E-state index in [0.29, 0.717) is 17.4 Å². The first-order valence-corrected chi connectivity index (χ1v) is 11.7. The van der Waals surface area contributed by atoms with Crippen molar-refractivity contribution in [3.8, 4) is 0 Å². The van der Waals surface area contributed by atoms with Crippen LogP contribution in [0.4, 0.5) is 0 Å². The SMILES string of the molecule is C[C@H]1OC([C@H]2C(NC(C=N)N/C(=C/[N+](C)(C)CN3CCOCC3)CN)[C@H]2NN)C[C@H]1C(N)=O. The average molecular weight is 469 g/mol. The predicted octanol–water partition coefficient (Wildman–Crippen LogP) is -2.58. The maximum absolute atomic E-state index is 11.7. The molecule has 0 spiro atoms. The highest BCUT2D eigenvalue weighted by molar-refractivity contribution is 5.77. The zero-order valence-electron chi connectivity index (χ0n) is 20.0. The summed E-state index contributed by atoms with van der Waals surface area (Å²) >= 11 is 0. The molecule has 0 aromatic heterocycles. The molecular weight excluding hydrogens is 426 g/mol. The highest BCUT2D eigenvalue weighted by Gasteiger charge is 2.57. The van der Waals surface area contributed by atoms with Crippen LogP contribution in [0.25, 0.3) is 0 Å². The Morgan fingerprint density at radius 3 is 2.55 bits per heavy atom. The van der Waals surface area contributed by atoms with E-state index in [2.05, 4.69) is 41.3 Å². The summed E-state index contributed by atoms with van der Waals surface area (Å²) in [6, 6.07) is -0.0234. The van der Waals surface area contributed by atoms with Gasteiger partial charge in [-0.1, -0.05) is 0 Å². The monoisotopic (exact) mass is 468 g/mol. The van der Waals surface area contributed by atoms with E-state index in [0.717, 1.165) is 38.7 Å². The quantitative estimate of drug-likeness (QED) is 0.0533. The van der Waals surface area contributed by atoms with Crippen LogP contribution in [-0.2, 0) is 14.3 Å². The van der Waals surface area contributed by atoms with Gasteiger partial charge < -0.3 is 31.7 Å². The largest absolute Gasteiger partial charge is 0.379 e. The fraction of sp³-hybridized carbons (Fsp3) is 0.810. The third kappa shape index (κ3) is 6.70. The fourth-order valence-corrected chi connectivity index (χ4v) is 5.10. The van der Waals surface area contributed by atoms with Crippen molar-refractivity contribution >= 4 is 12.1 Å². The maximum atomic E-state index is 11.7. The molecule has 10 N–H and O–H groups in total. The number of hydrogen-bond acceptors (Lipinski definition) is 10. The summed E-state index contributed by atoms with van der Waals surface area (Å²) in [7, 11) is 4.25. The highest BCUT2D eigenvalue weighted by Crippen LogP contribution is 2.43. The van der Waals surface area contributed by atoms with E-state index < -0.39 is 6.17 Å². The van der Waals surface area contributed by atoms with Gasteiger partial charge in [0.2, 0.25) is 5.91 Å². The normalized spacial score (nSPS) is 34.2. The average Bonchev–Trinajstić information content (AvgIpc) is 3.32. The molecule has 0 aromatic rings. The number of amides is 1. The van der Waals surface area contributed by atoms with Crippen LogP contribution in [0.2, 0.25) is 0 Å². The van der Waals surface area contributed by atoms with Gasteiger partial charge in [0.15, 0.2) is 0 Å². The van der Waals surface area contributed by atoms with E-state index in [4.69, 9.17) is 32.2 Å². The highest BCUT2D eigenvalue weighted by atomic mass is 16.5. The molecule has 188 valence electrons. The number of quaternary nitrogens is 1. The number of nitrogens with one attached hydrogen (secondary N) is 4. The fourth-order valence-electron chi connectivity index (χ4n) is 5.10. The molecule has 2 heterocycles. The van der Waals surface area contributed by atoms with Gasteiger partial charge in [-0.15, -0.1) is 0 Å². The summed E-state index contributed by atoms with van der Waals surface area (Å²) in [5, 5.41) is 14.7. The first kappa shape index (κ1) is 26.0. The summed E-state index contributed by atoms with van der Waals surface area (Å²) in [5.74, 6) is 5.23. The van der Waals surface area contributed by atoms with E-state index >= 15 is 0 Å². The van der Waals surface area contributed by atoms with Crippen molar-refractivity contribution in [1.29, 1.82) is 5.41 Å². The van der Waals surface area contributed by atoms with Gasteiger partial charge in [0.05, 0.1) is 51.1 Å². The zero-order chi connectivity index (χ0) is 24.2. The lowest BCUT2D eigenvalue weighted by Crippen LogP contribution is -2.51. The van der Waals surface area contributed by atoms with Gasteiger partial charge in [0, 0.05) is 43.9 Å². The molecule has 3 fully saturated rings. The van der Waals surface area contributed by atoms with Crippen molar-refractivity contribution in [3.63, 3.8) is 0 Å². The first-order valence-electron chi connectivity index (χ1n) is 11.7. The Morgan fingerprint density at radius 1 is 1.30 bits per heavy atom. The van der Waals surface area contributed by atoms with Crippen molar-refractivity contribution in [2.24, 2.45) is 29.1 Å². The van der Waals surface area contributed by atoms with Gasteiger partial charge in [-0.3, -0.25) is 30.8 Å². The Labute approximate surface area is 196 Å². The van der Waals surface area contributed by atoms with Crippen molar-refractivity contribution in [2.45, 2.75) is 43.8 Å². The summed E-state index contributed by atoms with van der Waals surface area (Å²) in [4.78, 5) is 14.0. The lowest BCUT2D eigenvalue weighted by atomic mass is 9.98. The van der Waals surface area contributed by atoms with E-state index in [1.165, 1.54) is 6.21 Å². The molecular formula is C21H42N9O3+. The number of ether oxygens (including phenoxy) is 2. The number of nitrogens with two attached hydrogens (primary N) is 3. The second kappa shape index (κ2) is 11.2. The lowest BCUT2D eigenvalue weighted by molar-refractivity contribution is -0.851. The lowest BCUT2D eigenvalue weighted by Gasteiger charge is -2.35. The van der Waals surface area contributed by atoms with Crippen molar-refractivity contribution < 1.29 is 18.8 Å². The molecule has 3 aliphatic rings. The van der Waals surface area contributed by atoms with Gasteiger partial charge in [0.1, 0.15) is 19.0 Å². The molecule has 3 unspecified atom stereocenters. The number of carbonyl (C=O) groups excluding carboxylic acids is 1. The maximum Gasteiger partial charge on any atom is 0.223 e. The third-order valence-electron chi connectivity index (χ3n) is 6.78. The van der Waals surface area contributed by atoms with Crippen LogP contribution in [0.3, 0.4) is 0 Å². The Bertz CT molecular complexity index is 713. The van der Waals surface area contributed by atoms with Gasteiger partial charge >= 0.3 is 0 Å². The van der Waals surface area contributed by atoms with Gasteiger partial charge in [-0.2, -0.15) is 0 Å². The number of primary amides is 1. The molecule has 3 rings (SSSR count). The standard InChI is InChI=1S/C21H41N9O3/c1-13-15(21(24)31)8-16(33-13)18-19(20(18)28-25)27-17(10-23)26-14(9-22)11-30(2,3)12-29-4-6-32-7-5-29/h10-11,13,15-20,23,26-28H,4-9,12,22,25H2,1-3H3,(H-,24,31)/p+1/b14-11+,23-10?/t13-,15-,16?,17?,18+,19?,20+/m1/s1. The molecule has 1 amide bonds. The molecule has 0 bridgehead atoms. The minimum atomic E-state index is -0.417. The third-order valence-corrected chi connectivity index (χ3v) is 6.78. The Kier molecular flexibility index (Phi) is 8.81. The van der Waals surface area contributed by atoms with Crippen LogP contribution in [-0.4, -0.2) is 106 Å². The van der Waals surface area contributed by atoms with E-state index in [9.17, 15) is 4.79 Å². The second-order valence-corrected chi connectivity index (χ2v) is 9.88. The molecule has 33 heavy (non-hydrogen) atoms. The van der Waals surface area contributed by atoms with E-state index in [1.54, 1.807) is 0 Å². The predicted molar refractivity (Wildman–Crippen MR) is 125 cm³/mol. The molecule has 12 nitrogen and oxygen atoms in total. The molecule has 0 radical (unpaired) electrons. The number of nitrogens with zero attached hydrogens (tertiary/aromatic N) is 2. The number of hydrazine groups is 1. The second-order valence-electron chi connectivity index (χ2n) is 9.88. The van der Waals surface area contributed by atoms with Crippen LogP contribution < -0.4 is 33.4 Å². The molecule has 7 atom stereocenters. The Morgan fingerprint density at radius 2 is 2.00 bits per heavy atom. The van der Waals surface area contributed by atoms with Crippen LogP contribution >= 0.6 is 0 Å². The topological polar surface area (TPSA) is 177 Å². The molecule has 1 saturated carbocycles. The molecule has 12 heteroatoms.